The normalized spacial score (nSPS) is 16.5. The molecule has 1 amide bonds. The van der Waals surface area contributed by atoms with Crippen LogP contribution in [-0.4, -0.2) is 22.3 Å². The highest BCUT2D eigenvalue weighted by Gasteiger charge is 2.34. The quantitative estimate of drug-likeness (QED) is 0.343. The van der Waals surface area contributed by atoms with E-state index in [1.54, 1.807) is 0 Å². The summed E-state index contributed by atoms with van der Waals surface area (Å²) in [6.07, 6.45) is 1.81. The molecule has 1 atom stereocenters. The number of carbonyl (C=O) groups excluding carboxylic acids is 1. The Morgan fingerprint density at radius 2 is 1.76 bits per heavy atom. The maximum absolute atomic E-state index is 13.3. The van der Waals surface area contributed by atoms with Crippen LogP contribution in [0.15, 0.2) is 71.1 Å². The smallest absolute Gasteiger partial charge is 0.254 e. The lowest BCUT2D eigenvalue weighted by atomic mass is 9.86. The van der Waals surface area contributed by atoms with Crippen LogP contribution < -0.4 is 0 Å². The fourth-order valence-electron chi connectivity index (χ4n) is 4.64. The molecule has 1 fully saturated rings. The van der Waals surface area contributed by atoms with Gasteiger partial charge < -0.3 is 9.32 Å². The largest absolute Gasteiger partial charge is 0.438 e. The predicted molar refractivity (Wildman–Crippen MR) is 132 cm³/mol. The van der Waals surface area contributed by atoms with Crippen LogP contribution in [0, 0.1) is 6.92 Å². The van der Waals surface area contributed by atoms with E-state index in [-0.39, 0.29) is 17.4 Å². The van der Waals surface area contributed by atoms with Gasteiger partial charge >= 0.3 is 0 Å². The van der Waals surface area contributed by atoms with Gasteiger partial charge in [0.15, 0.2) is 5.58 Å². The van der Waals surface area contributed by atoms with Gasteiger partial charge in [-0.3, -0.25) is 4.79 Å². The van der Waals surface area contributed by atoms with E-state index in [1.165, 1.54) is 11.1 Å². The second-order valence-electron chi connectivity index (χ2n) is 10.1. The van der Waals surface area contributed by atoms with E-state index in [0.29, 0.717) is 11.5 Å². The molecule has 0 N–H and O–H groups in total. The minimum Gasteiger partial charge on any atom is -0.438 e. The van der Waals surface area contributed by atoms with Gasteiger partial charge in [-0.1, -0.05) is 68.8 Å². The molecule has 1 aromatic heterocycles. The summed E-state index contributed by atoms with van der Waals surface area (Å²) in [5.41, 5.74) is 7.10. The van der Waals surface area contributed by atoms with Gasteiger partial charge in [0.05, 0.1) is 0 Å². The van der Waals surface area contributed by atoms with E-state index in [4.69, 9.17) is 9.40 Å². The summed E-state index contributed by atoms with van der Waals surface area (Å²) in [4.78, 5) is 20.1. The number of oxazole rings is 1. The first-order valence-corrected chi connectivity index (χ1v) is 11.7. The molecule has 0 radical (unpaired) electrons. The Morgan fingerprint density at radius 3 is 2.48 bits per heavy atom. The Bertz CT molecular complexity index is 1310. The summed E-state index contributed by atoms with van der Waals surface area (Å²) in [7, 11) is 0. The molecular weight excluding hydrogens is 408 g/mol. The summed E-state index contributed by atoms with van der Waals surface area (Å²) < 4.78 is 6.14. The third-order valence-electron chi connectivity index (χ3n) is 6.55. The van der Waals surface area contributed by atoms with Crippen LogP contribution in [0.2, 0.25) is 0 Å². The Kier molecular flexibility index (Phi) is 5.32. The number of hydrogen-bond acceptors (Lipinski definition) is 3. The van der Waals surface area contributed by atoms with Gasteiger partial charge in [-0.2, -0.15) is 0 Å². The lowest BCUT2D eigenvalue weighted by Gasteiger charge is -2.23. The fraction of sp³-hybridized carbons (Fsp3) is 0.310. The van der Waals surface area contributed by atoms with Gasteiger partial charge in [0, 0.05) is 12.1 Å². The molecule has 4 aromatic rings. The van der Waals surface area contributed by atoms with E-state index in [0.717, 1.165) is 41.6 Å². The number of benzene rings is 3. The summed E-state index contributed by atoms with van der Waals surface area (Å²) in [5, 5.41) is 0. The van der Waals surface area contributed by atoms with Crippen molar-refractivity contribution in [2.24, 2.45) is 0 Å². The zero-order valence-electron chi connectivity index (χ0n) is 19.8. The zero-order chi connectivity index (χ0) is 23.2. The topological polar surface area (TPSA) is 46.3 Å². The number of aryl methyl sites for hydroxylation is 1. The van der Waals surface area contributed by atoms with Gasteiger partial charge in [0.25, 0.3) is 5.91 Å². The van der Waals surface area contributed by atoms with Crippen LogP contribution in [0.1, 0.15) is 67.0 Å². The van der Waals surface area contributed by atoms with E-state index >= 15 is 0 Å². The van der Waals surface area contributed by atoms with E-state index in [2.05, 4.69) is 76.2 Å². The van der Waals surface area contributed by atoms with Crippen LogP contribution in [0.4, 0.5) is 0 Å². The number of hydrogen-bond donors (Lipinski definition) is 0. The molecule has 2 heterocycles. The molecule has 33 heavy (non-hydrogen) atoms. The number of fused-ring (bicyclic) bond motifs is 1. The molecule has 0 bridgehead atoms. The van der Waals surface area contributed by atoms with Crippen molar-refractivity contribution in [3.63, 3.8) is 0 Å². The molecule has 1 saturated heterocycles. The number of carbonyl (C=O) groups is 1. The van der Waals surface area contributed by atoms with Gasteiger partial charge in [0.2, 0.25) is 5.89 Å². The van der Waals surface area contributed by atoms with Crippen LogP contribution in [0.3, 0.4) is 0 Å². The molecule has 0 saturated carbocycles. The molecule has 0 spiro atoms. The van der Waals surface area contributed by atoms with Crippen LogP contribution >= 0.6 is 0 Å². The standard InChI is InChI=1S/C29H30N2O2/c1-19-7-5-8-21(17-19)22-12-15-26-24(18-22)30-27(33-26)25-9-6-16-31(25)28(32)20-10-13-23(14-11-20)29(2,3)4/h5,7-8,10-15,17-18,25H,6,9,16H2,1-4H3/t25-/m1/s1. The molecule has 0 aliphatic carbocycles. The second-order valence-corrected chi connectivity index (χ2v) is 10.1. The molecule has 5 rings (SSSR count). The lowest BCUT2D eigenvalue weighted by Crippen LogP contribution is -2.30. The molecule has 168 valence electrons. The van der Waals surface area contributed by atoms with E-state index in [9.17, 15) is 4.79 Å². The first-order valence-electron chi connectivity index (χ1n) is 11.7. The van der Waals surface area contributed by atoms with Crippen molar-refractivity contribution in [3.05, 3.63) is 89.3 Å². The van der Waals surface area contributed by atoms with E-state index < -0.39 is 0 Å². The van der Waals surface area contributed by atoms with Crippen molar-refractivity contribution >= 4 is 17.0 Å². The first-order chi connectivity index (χ1) is 15.8. The molecule has 1 aliphatic heterocycles. The van der Waals surface area contributed by atoms with Crippen molar-refractivity contribution in [2.75, 3.05) is 6.54 Å². The lowest BCUT2D eigenvalue weighted by molar-refractivity contribution is 0.0717. The summed E-state index contributed by atoms with van der Waals surface area (Å²) in [5.74, 6) is 0.671. The number of likely N-dealkylation sites (tertiary alicyclic amines) is 1. The Hall–Kier alpha value is -3.40. The number of aromatic nitrogens is 1. The van der Waals surface area contributed by atoms with Gasteiger partial charge in [0.1, 0.15) is 11.6 Å². The second kappa shape index (κ2) is 8.18. The average Bonchev–Trinajstić information content (AvgIpc) is 3.44. The summed E-state index contributed by atoms with van der Waals surface area (Å²) in [6.45, 7) is 9.35. The van der Waals surface area contributed by atoms with Gasteiger partial charge in [-0.25, -0.2) is 4.98 Å². The predicted octanol–water partition coefficient (Wildman–Crippen LogP) is 7.08. The molecule has 0 unspecified atom stereocenters. The molecule has 4 nitrogen and oxygen atoms in total. The number of amides is 1. The Labute approximate surface area is 195 Å². The van der Waals surface area contributed by atoms with Crippen molar-refractivity contribution in [1.29, 1.82) is 0 Å². The Morgan fingerprint density at radius 1 is 1.00 bits per heavy atom. The first kappa shape index (κ1) is 21.4. The van der Waals surface area contributed by atoms with E-state index in [1.807, 2.05) is 23.1 Å². The zero-order valence-corrected chi connectivity index (χ0v) is 19.8. The average molecular weight is 439 g/mol. The van der Waals surface area contributed by atoms with Crippen LogP contribution in [0.5, 0.6) is 0 Å². The van der Waals surface area contributed by atoms with Crippen molar-refractivity contribution in [2.45, 2.75) is 52.0 Å². The molecular formula is C29H30N2O2. The van der Waals surface area contributed by atoms with Crippen LogP contribution in [-0.2, 0) is 5.41 Å². The molecule has 3 aromatic carbocycles. The Balaban J connectivity index is 1.42. The highest BCUT2D eigenvalue weighted by molar-refractivity contribution is 5.94. The summed E-state index contributed by atoms with van der Waals surface area (Å²) in [6, 6.07) is 22.4. The highest BCUT2D eigenvalue weighted by Crippen LogP contribution is 2.35. The molecule has 1 aliphatic rings. The monoisotopic (exact) mass is 438 g/mol. The van der Waals surface area contributed by atoms with Crippen molar-refractivity contribution in [1.82, 2.24) is 9.88 Å². The maximum Gasteiger partial charge on any atom is 0.254 e. The highest BCUT2D eigenvalue weighted by atomic mass is 16.3. The van der Waals surface area contributed by atoms with Gasteiger partial charge in [-0.05, 0) is 66.1 Å². The third-order valence-corrected chi connectivity index (χ3v) is 6.55. The van der Waals surface area contributed by atoms with Crippen molar-refractivity contribution < 1.29 is 9.21 Å². The van der Waals surface area contributed by atoms with Crippen LogP contribution in [0.25, 0.3) is 22.2 Å². The maximum atomic E-state index is 13.3. The minimum atomic E-state index is -0.130. The van der Waals surface area contributed by atoms with Crippen molar-refractivity contribution in [3.8, 4) is 11.1 Å². The summed E-state index contributed by atoms with van der Waals surface area (Å²) >= 11 is 0. The number of nitrogens with zero attached hydrogens (tertiary/aromatic N) is 2. The third kappa shape index (κ3) is 4.18. The fourth-order valence-corrected chi connectivity index (χ4v) is 4.64. The minimum absolute atomic E-state index is 0.0423. The number of rotatable bonds is 3. The molecule has 4 heteroatoms. The SMILES string of the molecule is Cc1cccc(-c2ccc3oc([C@H]4CCCN4C(=O)c4ccc(C(C)(C)C)cc4)nc3c2)c1. The van der Waals surface area contributed by atoms with Gasteiger partial charge in [-0.15, -0.1) is 0 Å².